The van der Waals surface area contributed by atoms with Crippen molar-refractivity contribution in [1.29, 1.82) is 0 Å². The predicted octanol–water partition coefficient (Wildman–Crippen LogP) is 1.79. The van der Waals surface area contributed by atoms with Gasteiger partial charge in [-0.1, -0.05) is 12.1 Å². The molecule has 0 unspecified atom stereocenters. The second-order valence-electron chi connectivity index (χ2n) is 5.33. The SMILES string of the molecule is Cc1cccc(NC(=O)CN(CC(=O)O)C2CC2)c1C. The summed E-state index contributed by atoms with van der Waals surface area (Å²) in [7, 11) is 0. The number of carbonyl (C=O) groups excluding carboxylic acids is 1. The van der Waals surface area contributed by atoms with Gasteiger partial charge in [-0.25, -0.2) is 0 Å². The van der Waals surface area contributed by atoms with Crippen molar-refractivity contribution in [2.24, 2.45) is 0 Å². The normalized spacial score (nSPS) is 14.3. The third-order valence-electron chi connectivity index (χ3n) is 3.63. The number of hydrogen-bond donors (Lipinski definition) is 2. The summed E-state index contributed by atoms with van der Waals surface area (Å²) < 4.78 is 0. The average molecular weight is 276 g/mol. The van der Waals surface area contributed by atoms with E-state index in [-0.39, 0.29) is 25.0 Å². The Morgan fingerprint density at radius 3 is 2.60 bits per heavy atom. The maximum atomic E-state index is 12.1. The van der Waals surface area contributed by atoms with E-state index >= 15 is 0 Å². The van der Waals surface area contributed by atoms with Crippen LogP contribution in [0.15, 0.2) is 18.2 Å². The van der Waals surface area contributed by atoms with Crippen LogP contribution in [0.3, 0.4) is 0 Å². The molecule has 1 aromatic rings. The van der Waals surface area contributed by atoms with Crippen molar-refractivity contribution in [1.82, 2.24) is 4.90 Å². The van der Waals surface area contributed by atoms with E-state index in [1.165, 1.54) is 0 Å². The molecule has 1 amide bonds. The van der Waals surface area contributed by atoms with E-state index in [1.807, 2.05) is 32.0 Å². The highest BCUT2D eigenvalue weighted by atomic mass is 16.4. The average Bonchev–Trinajstić information content (AvgIpc) is 3.17. The van der Waals surface area contributed by atoms with E-state index in [9.17, 15) is 9.59 Å². The van der Waals surface area contributed by atoms with Crippen LogP contribution < -0.4 is 5.32 Å². The van der Waals surface area contributed by atoms with Crippen LogP contribution in [0.2, 0.25) is 0 Å². The van der Waals surface area contributed by atoms with E-state index in [0.29, 0.717) is 0 Å². The predicted molar refractivity (Wildman–Crippen MR) is 76.8 cm³/mol. The van der Waals surface area contributed by atoms with Gasteiger partial charge >= 0.3 is 5.97 Å². The van der Waals surface area contributed by atoms with Crippen molar-refractivity contribution in [3.8, 4) is 0 Å². The molecule has 1 fully saturated rings. The van der Waals surface area contributed by atoms with Gasteiger partial charge in [0.15, 0.2) is 0 Å². The van der Waals surface area contributed by atoms with Gasteiger partial charge in [0.2, 0.25) is 5.91 Å². The van der Waals surface area contributed by atoms with Crippen LogP contribution in [0.4, 0.5) is 5.69 Å². The minimum absolute atomic E-state index is 0.0785. The molecule has 0 aliphatic heterocycles. The monoisotopic (exact) mass is 276 g/mol. The van der Waals surface area contributed by atoms with Gasteiger partial charge in [0.05, 0.1) is 13.1 Å². The highest BCUT2D eigenvalue weighted by Crippen LogP contribution is 2.26. The van der Waals surface area contributed by atoms with E-state index < -0.39 is 5.97 Å². The zero-order valence-corrected chi connectivity index (χ0v) is 11.8. The van der Waals surface area contributed by atoms with Gasteiger partial charge in [-0.05, 0) is 43.9 Å². The summed E-state index contributed by atoms with van der Waals surface area (Å²) >= 11 is 0. The van der Waals surface area contributed by atoms with E-state index in [4.69, 9.17) is 5.11 Å². The fraction of sp³-hybridized carbons (Fsp3) is 0.467. The molecule has 5 heteroatoms. The summed E-state index contributed by atoms with van der Waals surface area (Å²) in [5.74, 6) is -1.05. The Morgan fingerprint density at radius 1 is 1.30 bits per heavy atom. The van der Waals surface area contributed by atoms with Gasteiger partial charge in [-0.2, -0.15) is 0 Å². The Morgan fingerprint density at radius 2 is 2.00 bits per heavy atom. The van der Waals surface area contributed by atoms with Crippen LogP contribution in [0, 0.1) is 13.8 Å². The molecule has 0 saturated heterocycles. The van der Waals surface area contributed by atoms with Gasteiger partial charge < -0.3 is 10.4 Å². The number of carboxylic acid groups (broad SMARTS) is 1. The smallest absolute Gasteiger partial charge is 0.317 e. The topological polar surface area (TPSA) is 69.6 Å². The van der Waals surface area contributed by atoms with Crippen LogP contribution in [-0.2, 0) is 9.59 Å². The zero-order valence-electron chi connectivity index (χ0n) is 11.8. The molecule has 108 valence electrons. The van der Waals surface area contributed by atoms with Gasteiger partial charge in [0, 0.05) is 11.7 Å². The number of aliphatic carboxylic acids is 1. The first kappa shape index (κ1) is 14.5. The Labute approximate surface area is 118 Å². The molecule has 0 atom stereocenters. The number of aryl methyl sites for hydroxylation is 1. The molecular formula is C15H20N2O3. The molecule has 20 heavy (non-hydrogen) atoms. The first-order valence-electron chi connectivity index (χ1n) is 6.79. The number of anilines is 1. The lowest BCUT2D eigenvalue weighted by atomic mass is 10.1. The molecule has 2 rings (SSSR count). The Balaban J connectivity index is 1.97. The number of rotatable bonds is 6. The van der Waals surface area contributed by atoms with E-state index in [0.717, 1.165) is 29.7 Å². The number of hydrogen-bond acceptors (Lipinski definition) is 3. The molecule has 0 radical (unpaired) electrons. The molecule has 0 bridgehead atoms. The lowest BCUT2D eigenvalue weighted by Crippen LogP contribution is -2.38. The number of carbonyl (C=O) groups is 2. The van der Waals surface area contributed by atoms with Crippen LogP contribution in [0.5, 0.6) is 0 Å². The molecule has 5 nitrogen and oxygen atoms in total. The van der Waals surface area contributed by atoms with E-state index in [1.54, 1.807) is 4.90 Å². The largest absolute Gasteiger partial charge is 0.480 e. The third-order valence-corrected chi connectivity index (χ3v) is 3.63. The van der Waals surface area contributed by atoms with Crippen molar-refractivity contribution in [3.05, 3.63) is 29.3 Å². The first-order valence-corrected chi connectivity index (χ1v) is 6.79. The number of carboxylic acids is 1. The van der Waals surface area contributed by atoms with Gasteiger partial charge in [-0.3, -0.25) is 14.5 Å². The summed E-state index contributed by atoms with van der Waals surface area (Å²) in [5, 5.41) is 11.7. The van der Waals surface area contributed by atoms with Gasteiger partial charge in [0.1, 0.15) is 0 Å². The highest BCUT2D eigenvalue weighted by Gasteiger charge is 2.31. The summed E-state index contributed by atoms with van der Waals surface area (Å²) in [6.45, 7) is 4.00. The molecule has 0 spiro atoms. The van der Waals surface area contributed by atoms with Crippen LogP contribution in [0.1, 0.15) is 24.0 Å². The second-order valence-corrected chi connectivity index (χ2v) is 5.33. The van der Waals surface area contributed by atoms with Crippen molar-refractivity contribution < 1.29 is 14.7 Å². The number of nitrogens with one attached hydrogen (secondary N) is 1. The van der Waals surface area contributed by atoms with Crippen LogP contribution in [-0.4, -0.2) is 41.0 Å². The maximum Gasteiger partial charge on any atom is 0.317 e. The number of nitrogens with zero attached hydrogens (tertiary/aromatic N) is 1. The van der Waals surface area contributed by atoms with Gasteiger partial charge in [-0.15, -0.1) is 0 Å². The maximum absolute atomic E-state index is 12.1. The van der Waals surface area contributed by atoms with Crippen LogP contribution >= 0.6 is 0 Å². The first-order chi connectivity index (χ1) is 9.47. The van der Waals surface area contributed by atoms with Crippen molar-refractivity contribution in [2.45, 2.75) is 32.7 Å². The lowest BCUT2D eigenvalue weighted by Gasteiger charge is -2.19. The van der Waals surface area contributed by atoms with Gasteiger partial charge in [0.25, 0.3) is 0 Å². The molecule has 0 aromatic heterocycles. The summed E-state index contributed by atoms with van der Waals surface area (Å²) in [6.07, 6.45) is 1.95. The van der Waals surface area contributed by atoms with E-state index in [2.05, 4.69) is 5.32 Å². The van der Waals surface area contributed by atoms with Crippen LogP contribution in [0.25, 0.3) is 0 Å². The lowest BCUT2D eigenvalue weighted by molar-refractivity contribution is -0.138. The van der Waals surface area contributed by atoms with Crippen molar-refractivity contribution in [2.75, 3.05) is 18.4 Å². The number of amides is 1. The Bertz CT molecular complexity index is 524. The minimum Gasteiger partial charge on any atom is -0.480 e. The second kappa shape index (κ2) is 6.05. The molecule has 2 N–H and O–H groups in total. The van der Waals surface area contributed by atoms with Crippen molar-refractivity contribution in [3.63, 3.8) is 0 Å². The fourth-order valence-corrected chi connectivity index (χ4v) is 2.19. The molecule has 1 aromatic carbocycles. The highest BCUT2D eigenvalue weighted by molar-refractivity contribution is 5.93. The molecule has 1 aliphatic carbocycles. The fourth-order valence-electron chi connectivity index (χ4n) is 2.19. The molecular weight excluding hydrogens is 256 g/mol. The Hall–Kier alpha value is -1.88. The Kier molecular flexibility index (Phi) is 4.39. The molecule has 0 heterocycles. The quantitative estimate of drug-likeness (QED) is 0.831. The summed E-state index contributed by atoms with van der Waals surface area (Å²) in [5.41, 5.74) is 2.95. The molecule has 1 aliphatic rings. The third kappa shape index (κ3) is 3.81. The summed E-state index contributed by atoms with van der Waals surface area (Å²) in [4.78, 5) is 24.6. The molecule has 1 saturated carbocycles. The summed E-state index contributed by atoms with van der Waals surface area (Å²) in [6, 6.07) is 5.99. The standard InChI is InChI=1S/C15H20N2O3/c1-10-4-3-5-13(11(10)2)16-14(18)8-17(9-15(19)20)12-6-7-12/h3-5,12H,6-9H2,1-2H3,(H,16,18)(H,19,20). The number of benzene rings is 1. The minimum atomic E-state index is -0.892. The zero-order chi connectivity index (χ0) is 14.7. The van der Waals surface area contributed by atoms with Crippen molar-refractivity contribution >= 4 is 17.6 Å².